The standard InChI is InChI=1S/C20H25N5O2S/c1-3-16-17-18(22-13(2)23-20(17)27-24-16)25-10-4-6-14(12-25)19(26)21-9-8-15-7-5-11-28-15/h5,7,11,14H,3-4,6,8-10,12H2,1-2H3,(H,21,26). The fraction of sp³-hybridized carbons (Fsp3) is 0.500. The van der Waals surface area contributed by atoms with Crippen molar-refractivity contribution in [2.45, 2.75) is 39.5 Å². The number of carbonyl (C=O) groups is 1. The first kappa shape index (κ1) is 18.9. The monoisotopic (exact) mass is 399 g/mol. The van der Waals surface area contributed by atoms with Crippen molar-refractivity contribution < 1.29 is 9.32 Å². The van der Waals surface area contributed by atoms with Crippen LogP contribution in [0.3, 0.4) is 0 Å². The number of nitrogens with one attached hydrogen (secondary N) is 1. The Morgan fingerprint density at radius 1 is 1.43 bits per heavy atom. The van der Waals surface area contributed by atoms with Crippen molar-refractivity contribution >= 4 is 34.2 Å². The van der Waals surface area contributed by atoms with Gasteiger partial charge in [0, 0.05) is 24.5 Å². The average Bonchev–Trinajstić information content (AvgIpc) is 3.37. The normalized spacial score (nSPS) is 17.2. The molecule has 3 aromatic heterocycles. The van der Waals surface area contributed by atoms with E-state index in [1.807, 2.05) is 19.9 Å². The molecule has 28 heavy (non-hydrogen) atoms. The fourth-order valence-electron chi connectivity index (χ4n) is 3.76. The lowest BCUT2D eigenvalue weighted by atomic mass is 9.96. The van der Waals surface area contributed by atoms with E-state index in [1.165, 1.54) is 4.88 Å². The second-order valence-corrected chi connectivity index (χ2v) is 8.20. The second-order valence-electron chi connectivity index (χ2n) is 7.16. The molecule has 0 bridgehead atoms. The van der Waals surface area contributed by atoms with Crippen molar-refractivity contribution in [3.63, 3.8) is 0 Å². The van der Waals surface area contributed by atoms with Gasteiger partial charge in [0.25, 0.3) is 5.71 Å². The lowest BCUT2D eigenvalue weighted by Gasteiger charge is -2.33. The molecule has 3 aromatic rings. The lowest BCUT2D eigenvalue weighted by Crippen LogP contribution is -2.44. The Hall–Kier alpha value is -2.48. The first-order valence-electron chi connectivity index (χ1n) is 9.83. The molecule has 4 rings (SSSR count). The molecular formula is C20H25N5O2S. The van der Waals surface area contributed by atoms with Crippen LogP contribution in [0.25, 0.3) is 11.1 Å². The topological polar surface area (TPSA) is 84.2 Å². The molecule has 1 atom stereocenters. The van der Waals surface area contributed by atoms with Crippen LogP contribution >= 0.6 is 11.3 Å². The van der Waals surface area contributed by atoms with Crippen LogP contribution in [-0.2, 0) is 17.6 Å². The third kappa shape index (κ3) is 3.87. The van der Waals surface area contributed by atoms with Crippen LogP contribution in [0.1, 0.15) is 36.2 Å². The summed E-state index contributed by atoms with van der Waals surface area (Å²) in [5, 5.41) is 10.2. The highest BCUT2D eigenvalue weighted by Gasteiger charge is 2.29. The third-order valence-electron chi connectivity index (χ3n) is 5.18. The molecule has 4 heterocycles. The van der Waals surface area contributed by atoms with Crippen molar-refractivity contribution in [1.29, 1.82) is 0 Å². The number of hydrogen-bond donors (Lipinski definition) is 1. The summed E-state index contributed by atoms with van der Waals surface area (Å²) in [5.74, 6) is 1.59. The van der Waals surface area contributed by atoms with Gasteiger partial charge in [-0.3, -0.25) is 4.79 Å². The zero-order valence-electron chi connectivity index (χ0n) is 16.3. The molecule has 8 heteroatoms. The van der Waals surface area contributed by atoms with Gasteiger partial charge in [-0.1, -0.05) is 18.1 Å². The summed E-state index contributed by atoms with van der Waals surface area (Å²) in [6.07, 6.45) is 3.50. The SMILES string of the molecule is CCc1noc2nc(C)nc(N3CCCC(C(=O)NCCc4cccs4)C3)c12. The van der Waals surface area contributed by atoms with E-state index in [4.69, 9.17) is 4.52 Å². The molecule has 1 fully saturated rings. The summed E-state index contributed by atoms with van der Waals surface area (Å²) < 4.78 is 5.41. The Morgan fingerprint density at radius 2 is 2.32 bits per heavy atom. The minimum Gasteiger partial charge on any atom is -0.355 e. The molecule has 1 amide bonds. The van der Waals surface area contributed by atoms with Crippen LogP contribution in [0.2, 0.25) is 0 Å². The van der Waals surface area contributed by atoms with Gasteiger partial charge >= 0.3 is 0 Å². The molecule has 1 saturated heterocycles. The fourth-order valence-corrected chi connectivity index (χ4v) is 4.47. The first-order valence-corrected chi connectivity index (χ1v) is 10.7. The van der Waals surface area contributed by atoms with Crippen LogP contribution < -0.4 is 10.2 Å². The number of anilines is 1. The maximum atomic E-state index is 12.7. The third-order valence-corrected chi connectivity index (χ3v) is 6.11. The Kier molecular flexibility index (Phi) is 5.57. The number of carbonyl (C=O) groups excluding carboxylic acids is 1. The van der Waals surface area contributed by atoms with Crippen LogP contribution in [-0.4, -0.2) is 40.7 Å². The molecular weight excluding hydrogens is 374 g/mol. The summed E-state index contributed by atoms with van der Waals surface area (Å²) in [5.41, 5.74) is 1.40. The number of aromatic nitrogens is 3. The summed E-state index contributed by atoms with van der Waals surface area (Å²) >= 11 is 1.73. The van der Waals surface area contributed by atoms with Gasteiger partial charge in [0.2, 0.25) is 5.91 Å². The summed E-state index contributed by atoms with van der Waals surface area (Å²) in [6, 6.07) is 4.15. The maximum absolute atomic E-state index is 12.7. The second kappa shape index (κ2) is 8.26. The largest absolute Gasteiger partial charge is 0.355 e. The van der Waals surface area contributed by atoms with Gasteiger partial charge in [-0.15, -0.1) is 11.3 Å². The summed E-state index contributed by atoms with van der Waals surface area (Å²) in [4.78, 5) is 25.3. The van der Waals surface area contributed by atoms with Crippen LogP contribution in [0.15, 0.2) is 22.0 Å². The van der Waals surface area contributed by atoms with Crippen molar-refractivity contribution in [3.8, 4) is 0 Å². The van der Waals surface area contributed by atoms with E-state index >= 15 is 0 Å². The van der Waals surface area contributed by atoms with Gasteiger partial charge in [-0.05, 0) is 44.1 Å². The number of piperidine rings is 1. The number of amides is 1. The number of hydrogen-bond acceptors (Lipinski definition) is 7. The molecule has 0 radical (unpaired) electrons. The highest BCUT2D eigenvalue weighted by atomic mass is 32.1. The van der Waals surface area contributed by atoms with E-state index in [0.717, 1.165) is 49.1 Å². The van der Waals surface area contributed by atoms with Crippen LogP contribution in [0.5, 0.6) is 0 Å². The highest BCUT2D eigenvalue weighted by molar-refractivity contribution is 7.09. The molecule has 1 unspecified atom stereocenters. The highest BCUT2D eigenvalue weighted by Crippen LogP contribution is 2.30. The number of nitrogens with zero attached hydrogens (tertiary/aromatic N) is 4. The Labute approximate surface area is 168 Å². The molecule has 0 aromatic carbocycles. The molecule has 148 valence electrons. The Balaban J connectivity index is 1.47. The molecule has 1 aliphatic heterocycles. The molecule has 0 spiro atoms. The minimum atomic E-state index is -0.0349. The minimum absolute atomic E-state index is 0.0349. The van der Waals surface area contributed by atoms with Crippen molar-refractivity contribution in [2.24, 2.45) is 5.92 Å². The molecule has 1 N–H and O–H groups in total. The van der Waals surface area contributed by atoms with Crippen molar-refractivity contribution in [3.05, 3.63) is 33.9 Å². The zero-order valence-corrected chi connectivity index (χ0v) is 17.1. The average molecular weight is 400 g/mol. The van der Waals surface area contributed by atoms with E-state index in [0.29, 0.717) is 24.6 Å². The number of aryl methyl sites for hydroxylation is 2. The molecule has 0 saturated carbocycles. The van der Waals surface area contributed by atoms with E-state index in [1.54, 1.807) is 11.3 Å². The van der Waals surface area contributed by atoms with E-state index in [9.17, 15) is 4.79 Å². The van der Waals surface area contributed by atoms with Gasteiger partial charge < -0.3 is 14.7 Å². The number of fused-ring (bicyclic) bond motifs is 1. The van der Waals surface area contributed by atoms with Gasteiger partial charge in [0.15, 0.2) is 0 Å². The number of rotatable bonds is 6. The smallest absolute Gasteiger partial charge is 0.263 e. The Bertz CT molecular complexity index is 953. The number of thiophene rings is 1. The van der Waals surface area contributed by atoms with Gasteiger partial charge in [-0.25, -0.2) is 4.98 Å². The van der Waals surface area contributed by atoms with Gasteiger partial charge in [0.05, 0.1) is 11.6 Å². The van der Waals surface area contributed by atoms with Gasteiger partial charge in [0.1, 0.15) is 17.0 Å². The molecule has 0 aliphatic carbocycles. The quantitative estimate of drug-likeness (QED) is 0.686. The predicted octanol–water partition coefficient (Wildman–Crippen LogP) is 3.13. The lowest BCUT2D eigenvalue weighted by molar-refractivity contribution is -0.125. The maximum Gasteiger partial charge on any atom is 0.263 e. The van der Waals surface area contributed by atoms with E-state index in [-0.39, 0.29) is 11.8 Å². The molecule has 1 aliphatic rings. The van der Waals surface area contributed by atoms with Gasteiger partial charge in [-0.2, -0.15) is 4.98 Å². The Morgan fingerprint density at radius 3 is 3.11 bits per heavy atom. The first-order chi connectivity index (χ1) is 13.7. The summed E-state index contributed by atoms with van der Waals surface area (Å²) in [6.45, 7) is 6.11. The van der Waals surface area contributed by atoms with Crippen LogP contribution in [0, 0.1) is 12.8 Å². The van der Waals surface area contributed by atoms with Crippen LogP contribution in [0.4, 0.5) is 5.82 Å². The zero-order chi connectivity index (χ0) is 19.5. The summed E-state index contributed by atoms with van der Waals surface area (Å²) in [7, 11) is 0. The van der Waals surface area contributed by atoms with E-state index < -0.39 is 0 Å². The predicted molar refractivity (Wildman–Crippen MR) is 110 cm³/mol. The van der Waals surface area contributed by atoms with E-state index in [2.05, 4.69) is 36.8 Å². The van der Waals surface area contributed by atoms with Crippen molar-refractivity contribution in [1.82, 2.24) is 20.4 Å². The molecule has 7 nitrogen and oxygen atoms in total. The van der Waals surface area contributed by atoms with Crippen molar-refractivity contribution in [2.75, 3.05) is 24.5 Å².